The Bertz CT molecular complexity index is 862. The van der Waals surface area contributed by atoms with Gasteiger partial charge in [0, 0.05) is 44.5 Å². The minimum Gasteiger partial charge on any atom is -0.377 e. The molecule has 0 aliphatic heterocycles. The maximum Gasteiger partial charge on any atom is 0.230 e. The first kappa shape index (κ1) is 24.4. The summed E-state index contributed by atoms with van der Waals surface area (Å²) >= 11 is 0. The minimum absolute atomic E-state index is 0.0137. The van der Waals surface area contributed by atoms with Crippen molar-refractivity contribution in [2.45, 2.75) is 53.0 Å². The summed E-state index contributed by atoms with van der Waals surface area (Å²) in [5, 5.41) is 2.98. The van der Waals surface area contributed by atoms with Gasteiger partial charge in [-0.25, -0.2) is 0 Å². The molecule has 0 saturated heterocycles. The number of nitrogens with zero attached hydrogens (tertiary/aromatic N) is 2. The number of carbonyl (C=O) groups is 2. The van der Waals surface area contributed by atoms with Gasteiger partial charge in [0.15, 0.2) is 0 Å². The van der Waals surface area contributed by atoms with Crippen LogP contribution in [0.3, 0.4) is 0 Å². The molecule has 0 aliphatic carbocycles. The highest BCUT2D eigenvalue weighted by Gasteiger charge is 2.25. The summed E-state index contributed by atoms with van der Waals surface area (Å²) in [6, 6.07) is 15.9. The lowest BCUT2D eigenvalue weighted by Crippen LogP contribution is -2.35. The Morgan fingerprint density at radius 1 is 1.00 bits per heavy atom. The summed E-state index contributed by atoms with van der Waals surface area (Å²) in [7, 11) is 3.99. The summed E-state index contributed by atoms with van der Waals surface area (Å²) in [5.74, 6) is -0.109. The molecule has 5 nitrogen and oxygen atoms in total. The number of anilines is 2. The van der Waals surface area contributed by atoms with Crippen molar-refractivity contribution in [3.05, 3.63) is 59.7 Å². The topological polar surface area (TPSA) is 52.7 Å². The van der Waals surface area contributed by atoms with Crippen molar-refractivity contribution in [3.63, 3.8) is 0 Å². The first-order valence-corrected chi connectivity index (χ1v) is 11.2. The van der Waals surface area contributed by atoms with E-state index in [1.54, 1.807) is 0 Å². The first-order valence-electron chi connectivity index (χ1n) is 11.2. The molecule has 0 saturated carbocycles. The normalized spacial score (nSPS) is 11.8. The van der Waals surface area contributed by atoms with Gasteiger partial charge in [-0.05, 0) is 42.2 Å². The number of hydrogen-bond acceptors (Lipinski definition) is 3. The Morgan fingerprint density at radius 2 is 1.68 bits per heavy atom. The number of hydrogen-bond donors (Lipinski definition) is 1. The van der Waals surface area contributed by atoms with Gasteiger partial charge in [0.05, 0.1) is 5.92 Å². The van der Waals surface area contributed by atoms with Crippen LogP contribution in [0.2, 0.25) is 0 Å². The molecule has 0 fully saturated rings. The van der Waals surface area contributed by atoms with Crippen molar-refractivity contribution >= 4 is 23.2 Å². The second-order valence-corrected chi connectivity index (χ2v) is 8.51. The van der Waals surface area contributed by atoms with Crippen LogP contribution in [0.4, 0.5) is 11.4 Å². The van der Waals surface area contributed by atoms with Gasteiger partial charge < -0.3 is 15.1 Å². The highest BCUT2D eigenvalue weighted by molar-refractivity contribution is 5.92. The van der Waals surface area contributed by atoms with Crippen molar-refractivity contribution in [2.75, 3.05) is 30.9 Å². The Balaban J connectivity index is 2.35. The zero-order valence-corrected chi connectivity index (χ0v) is 19.8. The van der Waals surface area contributed by atoms with Crippen LogP contribution in [0.25, 0.3) is 0 Å². The van der Waals surface area contributed by atoms with Gasteiger partial charge in [0.1, 0.15) is 0 Å². The van der Waals surface area contributed by atoms with Gasteiger partial charge in [0.25, 0.3) is 0 Å². The van der Waals surface area contributed by atoms with Gasteiger partial charge in [-0.2, -0.15) is 0 Å². The lowest BCUT2D eigenvalue weighted by molar-refractivity contribution is -0.133. The molecule has 0 spiro atoms. The second-order valence-electron chi connectivity index (χ2n) is 8.51. The molecule has 5 heteroatoms. The van der Waals surface area contributed by atoms with E-state index in [2.05, 4.69) is 19.2 Å². The van der Waals surface area contributed by atoms with E-state index < -0.39 is 0 Å². The second kappa shape index (κ2) is 11.5. The van der Waals surface area contributed by atoms with Crippen LogP contribution in [-0.2, 0) is 16.1 Å². The summed E-state index contributed by atoms with van der Waals surface area (Å²) in [6.07, 6.45) is 1.64. The monoisotopic (exact) mass is 423 g/mol. The van der Waals surface area contributed by atoms with E-state index in [0.717, 1.165) is 35.3 Å². The van der Waals surface area contributed by atoms with Crippen LogP contribution < -0.4 is 10.2 Å². The van der Waals surface area contributed by atoms with Crippen molar-refractivity contribution < 1.29 is 9.59 Å². The largest absolute Gasteiger partial charge is 0.377 e. The Morgan fingerprint density at radius 3 is 2.23 bits per heavy atom. The maximum absolute atomic E-state index is 13.5. The molecule has 2 aromatic rings. The molecule has 2 aromatic carbocycles. The predicted molar refractivity (Wildman–Crippen MR) is 129 cm³/mol. The molecule has 0 heterocycles. The van der Waals surface area contributed by atoms with Crippen LogP contribution >= 0.6 is 0 Å². The summed E-state index contributed by atoms with van der Waals surface area (Å²) in [4.78, 5) is 29.7. The quantitative estimate of drug-likeness (QED) is 0.566. The van der Waals surface area contributed by atoms with Crippen molar-refractivity contribution in [1.29, 1.82) is 0 Å². The molecule has 0 unspecified atom stereocenters. The van der Waals surface area contributed by atoms with Crippen LogP contribution in [0.1, 0.15) is 57.6 Å². The number of carbonyl (C=O) groups excluding carboxylic acids is 2. The Kier molecular flexibility index (Phi) is 9.10. The van der Waals surface area contributed by atoms with E-state index >= 15 is 0 Å². The number of rotatable bonds is 10. The standard InChI is InChI=1S/C26H37N3O2/c1-7-16-29(26(31)23(8-2)20-12-10-9-11-13-20)18-21-17-22(27-25(30)19(3)4)14-15-24(21)28(5)6/h9-15,17,19,23H,7-8,16,18H2,1-6H3,(H,27,30)/t23-/m1/s1. The van der Waals surface area contributed by atoms with Gasteiger partial charge >= 0.3 is 0 Å². The molecule has 0 aliphatic rings. The summed E-state index contributed by atoms with van der Waals surface area (Å²) < 4.78 is 0. The SMILES string of the molecule is CCCN(Cc1cc(NC(=O)C(C)C)ccc1N(C)C)C(=O)[C@H](CC)c1ccccc1. The van der Waals surface area contributed by atoms with E-state index in [-0.39, 0.29) is 23.7 Å². The highest BCUT2D eigenvalue weighted by atomic mass is 16.2. The van der Waals surface area contributed by atoms with E-state index in [1.165, 1.54) is 0 Å². The number of nitrogens with one attached hydrogen (secondary N) is 1. The Labute approximate surface area is 187 Å². The van der Waals surface area contributed by atoms with Crippen LogP contribution in [0.15, 0.2) is 48.5 Å². The molecule has 168 valence electrons. The van der Waals surface area contributed by atoms with E-state index in [1.807, 2.05) is 86.3 Å². The average molecular weight is 424 g/mol. The number of benzene rings is 2. The van der Waals surface area contributed by atoms with Crippen LogP contribution in [-0.4, -0.2) is 37.4 Å². The third-order valence-corrected chi connectivity index (χ3v) is 5.43. The maximum atomic E-state index is 13.5. The smallest absolute Gasteiger partial charge is 0.230 e. The van der Waals surface area contributed by atoms with Gasteiger partial charge in [0.2, 0.25) is 11.8 Å². The fraction of sp³-hybridized carbons (Fsp3) is 0.462. The third kappa shape index (κ3) is 6.58. The van der Waals surface area contributed by atoms with E-state index in [0.29, 0.717) is 13.1 Å². The predicted octanol–water partition coefficient (Wildman–Crippen LogP) is 5.28. The van der Waals surface area contributed by atoms with Gasteiger partial charge in [-0.3, -0.25) is 9.59 Å². The molecular weight excluding hydrogens is 386 g/mol. The molecule has 0 aromatic heterocycles. The van der Waals surface area contributed by atoms with Crippen LogP contribution in [0.5, 0.6) is 0 Å². The number of amides is 2. The molecule has 0 bridgehead atoms. The summed E-state index contributed by atoms with van der Waals surface area (Å²) in [5.41, 5.74) is 3.89. The Hall–Kier alpha value is -2.82. The molecule has 0 radical (unpaired) electrons. The molecule has 1 atom stereocenters. The third-order valence-electron chi connectivity index (χ3n) is 5.43. The lowest BCUT2D eigenvalue weighted by atomic mass is 9.94. The van der Waals surface area contributed by atoms with Crippen molar-refractivity contribution in [2.24, 2.45) is 5.92 Å². The van der Waals surface area contributed by atoms with Gasteiger partial charge in [-0.1, -0.05) is 58.0 Å². The molecule has 2 rings (SSSR count). The molecular formula is C26H37N3O2. The van der Waals surface area contributed by atoms with Crippen molar-refractivity contribution in [1.82, 2.24) is 4.90 Å². The lowest BCUT2D eigenvalue weighted by Gasteiger charge is -2.29. The fourth-order valence-corrected chi connectivity index (χ4v) is 3.71. The molecule has 2 amide bonds. The zero-order chi connectivity index (χ0) is 23.0. The van der Waals surface area contributed by atoms with Gasteiger partial charge in [-0.15, -0.1) is 0 Å². The van der Waals surface area contributed by atoms with E-state index in [9.17, 15) is 9.59 Å². The zero-order valence-electron chi connectivity index (χ0n) is 19.8. The minimum atomic E-state index is -0.153. The summed E-state index contributed by atoms with van der Waals surface area (Å²) in [6.45, 7) is 9.11. The fourth-order valence-electron chi connectivity index (χ4n) is 3.71. The first-order chi connectivity index (χ1) is 14.8. The van der Waals surface area contributed by atoms with Crippen LogP contribution in [0, 0.1) is 5.92 Å². The highest BCUT2D eigenvalue weighted by Crippen LogP contribution is 2.28. The molecule has 31 heavy (non-hydrogen) atoms. The van der Waals surface area contributed by atoms with E-state index in [4.69, 9.17) is 0 Å². The van der Waals surface area contributed by atoms with Crippen molar-refractivity contribution in [3.8, 4) is 0 Å². The molecule has 1 N–H and O–H groups in total. The average Bonchev–Trinajstić information content (AvgIpc) is 2.74.